The fraction of sp³-hybridized carbons (Fsp3) is 0.417. The van der Waals surface area contributed by atoms with E-state index in [1.54, 1.807) is 7.05 Å². The summed E-state index contributed by atoms with van der Waals surface area (Å²) in [5, 5.41) is 5.30. The van der Waals surface area contributed by atoms with Crippen LogP contribution in [0.15, 0.2) is 18.2 Å². The standard InChI is InChI=1S/C12H18N2O/c1-9-4-5-11(10(2)8-9)6-7-14-12(15)13-3/h4-5,8H,6-7H2,1-3H3,(H2,13,14,15). The molecule has 2 amide bonds. The van der Waals surface area contributed by atoms with Gasteiger partial charge in [-0.2, -0.15) is 0 Å². The number of urea groups is 1. The van der Waals surface area contributed by atoms with E-state index in [1.165, 1.54) is 16.7 Å². The molecule has 0 saturated carbocycles. The summed E-state index contributed by atoms with van der Waals surface area (Å²) in [4.78, 5) is 10.9. The van der Waals surface area contributed by atoms with Gasteiger partial charge in [0, 0.05) is 13.6 Å². The van der Waals surface area contributed by atoms with Crippen molar-refractivity contribution in [3.63, 3.8) is 0 Å². The topological polar surface area (TPSA) is 41.1 Å². The molecule has 0 aliphatic heterocycles. The Hall–Kier alpha value is -1.51. The molecule has 0 atom stereocenters. The second-order valence-electron chi connectivity index (χ2n) is 3.69. The zero-order valence-electron chi connectivity index (χ0n) is 9.55. The molecular weight excluding hydrogens is 188 g/mol. The number of amides is 2. The van der Waals surface area contributed by atoms with Crippen molar-refractivity contribution in [2.24, 2.45) is 0 Å². The monoisotopic (exact) mass is 206 g/mol. The SMILES string of the molecule is CNC(=O)NCCc1ccc(C)cc1C. The van der Waals surface area contributed by atoms with Crippen molar-refractivity contribution in [3.8, 4) is 0 Å². The van der Waals surface area contributed by atoms with Gasteiger partial charge in [-0.25, -0.2) is 4.79 Å². The molecule has 0 saturated heterocycles. The van der Waals surface area contributed by atoms with Crippen LogP contribution < -0.4 is 10.6 Å². The van der Waals surface area contributed by atoms with Crippen LogP contribution in [0.2, 0.25) is 0 Å². The van der Waals surface area contributed by atoms with Crippen molar-refractivity contribution in [1.29, 1.82) is 0 Å². The molecule has 0 heterocycles. The summed E-state index contributed by atoms with van der Waals surface area (Å²) in [5.74, 6) is 0. The maximum atomic E-state index is 10.9. The fourth-order valence-electron chi connectivity index (χ4n) is 1.53. The molecule has 0 unspecified atom stereocenters. The van der Waals surface area contributed by atoms with E-state index in [0.29, 0.717) is 6.54 Å². The van der Waals surface area contributed by atoms with Crippen LogP contribution in [0.5, 0.6) is 0 Å². The van der Waals surface area contributed by atoms with Gasteiger partial charge in [0.25, 0.3) is 0 Å². The van der Waals surface area contributed by atoms with Crippen molar-refractivity contribution >= 4 is 6.03 Å². The number of hydrogen-bond acceptors (Lipinski definition) is 1. The summed E-state index contributed by atoms with van der Waals surface area (Å²) < 4.78 is 0. The average molecular weight is 206 g/mol. The molecule has 15 heavy (non-hydrogen) atoms. The highest BCUT2D eigenvalue weighted by atomic mass is 16.2. The number of nitrogens with one attached hydrogen (secondary N) is 2. The van der Waals surface area contributed by atoms with Crippen LogP contribution in [-0.2, 0) is 6.42 Å². The molecule has 1 aromatic carbocycles. The number of rotatable bonds is 3. The van der Waals surface area contributed by atoms with Gasteiger partial charge >= 0.3 is 6.03 Å². The van der Waals surface area contributed by atoms with Crippen molar-refractivity contribution in [3.05, 3.63) is 34.9 Å². The Bertz CT molecular complexity index is 347. The summed E-state index contributed by atoms with van der Waals surface area (Å²) in [6, 6.07) is 6.26. The predicted molar refractivity (Wildman–Crippen MR) is 62.1 cm³/mol. The number of aryl methyl sites for hydroxylation is 2. The van der Waals surface area contributed by atoms with E-state index in [9.17, 15) is 4.79 Å². The molecule has 0 aliphatic rings. The van der Waals surface area contributed by atoms with E-state index in [0.717, 1.165) is 6.42 Å². The fourth-order valence-corrected chi connectivity index (χ4v) is 1.53. The molecule has 0 radical (unpaired) electrons. The summed E-state index contributed by atoms with van der Waals surface area (Å²) >= 11 is 0. The lowest BCUT2D eigenvalue weighted by Crippen LogP contribution is -2.34. The van der Waals surface area contributed by atoms with E-state index in [-0.39, 0.29) is 6.03 Å². The average Bonchev–Trinajstić information content (AvgIpc) is 2.21. The van der Waals surface area contributed by atoms with Gasteiger partial charge in [0.05, 0.1) is 0 Å². The van der Waals surface area contributed by atoms with Crippen LogP contribution in [0.25, 0.3) is 0 Å². The van der Waals surface area contributed by atoms with Crippen LogP contribution in [0.4, 0.5) is 4.79 Å². The molecule has 0 aliphatic carbocycles. The zero-order chi connectivity index (χ0) is 11.3. The van der Waals surface area contributed by atoms with Gasteiger partial charge in [-0.3, -0.25) is 0 Å². The van der Waals surface area contributed by atoms with Crippen LogP contribution >= 0.6 is 0 Å². The van der Waals surface area contributed by atoms with Crippen LogP contribution in [0.1, 0.15) is 16.7 Å². The minimum Gasteiger partial charge on any atom is -0.341 e. The Balaban J connectivity index is 2.47. The third-order valence-corrected chi connectivity index (χ3v) is 2.41. The molecule has 0 fully saturated rings. The normalized spacial score (nSPS) is 9.80. The highest BCUT2D eigenvalue weighted by Crippen LogP contribution is 2.10. The molecule has 1 rings (SSSR count). The van der Waals surface area contributed by atoms with E-state index in [1.807, 2.05) is 0 Å². The summed E-state index contributed by atoms with van der Waals surface area (Å²) in [6.07, 6.45) is 0.875. The van der Waals surface area contributed by atoms with Crippen LogP contribution in [0, 0.1) is 13.8 Å². The highest BCUT2D eigenvalue weighted by molar-refractivity contribution is 5.73. The van der Waals surface area contributed by atoms with Crippen molar-refractivity contribution in [1.82, 2.24) is 10.6 Å². The third kappa shape index (κ3) is 3.62. The van der Waals surface area contributed by atoms with Crippen LogP contribution in [-0.4, -0.2) is 19.6 Å². The van der Waals surface area contributed by atoms with Gasteiger partial charge in [-0.05, 0) is 31.4 Å². The molecule has 0 spiro atoms. The first-order chi connectivity index (χ1) is 7.13. The largest absolute Gasteiger partial charge is 0.341 e. The first-order valence-corrected chi connectivity index (χ1v) is 5.15. The quantitative estimate of drug-likeness (QED) is 0.777. The van der Waals surface area contributed by atoms with Crippen molar-refractivity contribution in [2.75, 3.05) is 13.6 Å². The lowest BCUT2D eigenvalue weighted by molar-refractivity contribution is 0.243. The predicted octanol–water partition coefficient (Wildman–Crippen LogP) is 1.77. The minimum atomic E-state index is -0.125. The molecule has 3 heteroatoms. The maximum absolute atomic E-state index is 10.9. The van der Waals surface area contributed by atoms with Gasteiger partial charge in [-0.1, -0.05) is 23.8 Å². The smallest absolute Gasteiger partial charge is 0.314 e. The molecule has 0 aromatic heterocycles. The molecule has 1 aromatic rings. The number of carbonyl (C=O) groups is 1. The van der Waals surface area contributed by atoms with Gasteiger partial charge < -0.3 is 10.6 Å². The first kappa shape index (κ1) is 11.6. The summed E-state index contributed by atoms with van der Waals surface area (Å²) in [7, 11) is 1.62. The molecule has 0 bridgehead atoms. The van der Waals surface area contributed by atoms with Crippen LogP contribution in [0.3, 0.4) is 0 Å². The number of benzene rings is 1. The highest BCUT2D eigenvalue weighted by Gasteiger charge is 1.99. The molecule has 3 nitrogen and oxygen atoms in total. The summed E-state index contributed by atoms with van der Waals surface area (Å²) in [6.45, 7) is 4.85. The second-order valence-corrected chi connectivity index (χ2v) is 3.69. The van der Waals surface area contributed by atoms with Gasteiger partial charge in [0.1, 0.15) is 0 Å². The van der Waals surface area contributed by atoms with Gasteiger partial charge in [-0.15, -0.1) is 0 Å². The second kappa shape index (κ2) is 5.39. The first-order valence-electron chi connectivity index (χ1n) is 5.15. The van der Waals surface area contributed by atoms with E-state index < -0.39 is 0 Å². The van der Waals surface area contributed by atoms with E-state index in [2.05, 4.69) is 42.7 Å². The van der Waals surface area contributed by atoms with Gasteiger partial charge in [0.15, 0.2) is 0 Å². The minimum absolute atomic E-state index is 0.125. The van der Waals surface area contributed by atoms with E-state index in [4.69, 9.17) is 0 Å². The lowest BCUT2D eigenvalue weighted by atomic mass is 10.0. The zero-order valence-corrected chi connectivity index (χ0v) is 9.55. The summed E-state index contributed by atoms with van der Waals surface area (Å²) in [5.41, 5.74) is 3.85. The van der Waals surface area contributed by atoms with Crippen molar-refractivity contribution < 1.29 is 4.79 Å². The third-order valence-electron chi connectivity index (χ3n) is 2.41. The molecule has 82 valence electrons. The molecular formula is C12H18N2O. The number of hydrogen-bond donors (Lipinski definition) is 2. The Kier molecular flexibility index (Phi) is 4.16. The number of carbonyl (C=O) groups excluding carboxylic acids is 1. The Morgan fingerprint density at radius 2 is 2.07 bits per heavy atom. The maximum Gasteiger partial charge on any atom is 0.314 e. The van der Waals surface area contributed by atoms with Crippen molar-refractivity contribution in [2.45, 2.75) is 20.3 Å². The van der Waals surface area contributed by atoms with E-state index >= 15 is 0 Å². The molecule has 2 N–H and O–H groups in total. The lowest BCUT2D eigenvalue weighted by Gasteiger charge is -2.07. The Morgan fingerprint density at radius 1 is 1.33 bits per heavy atom. The Labute approximate surface area is 90.9 Å². The van der Waals surface area contributed by atoms with Gasteiger partial charge in [0.2, 0.25) is 0 Å². The Morgan fingerprint density at radius 3 is 2.67 bits per heavy atom.